The summed E-state index contributed by atoms with van der Waals surface area (Å²) in [5.74, 6) is -0.199. The molecule has 0 radical (unpaired) electrons. The Morgan fingerprint density at radius 1 is 0.972 bits per heavy atom. The van der Waals surface area contributed by atoms with Crippen LogP contribution in [0.2, 0.25) is 10.0 Å². The van der Waals surface area contributed by atoms with Crippen LogP contribution >= 0.6 is 23.2 Å². The third kappa shape index (κ3) is 4.44. The third-order valence-corrected chi connectivity index (χ3v) is 7.82. The predicted molar refractivity (Wildman–Crippen MR) is 140 cm³/mol. The van der Waals surface area contributed by atoms with Crippen molar-refractivity contribution in [2.75, 3.05) is 13.2 Å². The SMILES string of the molecule is CC(C)(O)c1ccc2c(c1)C(=O)N(Cc1ccc(Cl)cc1)[C@@]2(OCC1(CO)CC1)c1ccc(Cl)cc1. The summed E-state index contributed by atoms with van der Waals surface area (Å²) < 4.78 is 6.78. The molecule has 1 heterocycles. The highest BCUT2D eigenvalue weighted by Crippen LogP contribution is 2.51. The van der Waals surface area contributed by atoms with Gasteiger partial charge in [0.2, 0.25) is 0 Å². The number of rotatable bonds is 8. The van der Waals surface area contributed by atoms with Crippen molar-refractivity contribution >= 4 is 29.1 Å². The molecule has 1 saturated carbocycles. The maximum atomic E-state index is 14.1. The smallest absolute Gasteiger partial charge is 0.257 e. The van der Waals surface area contributed by atoms with E-state index in [2.05, 4.69) is 0 Å². The van der Waals surface area contributed by atoms with Gasteiger partial charge in [-0.3, -0.25) is 9.69 Å². The summed E-state index contributed by atoms with van der Waals surface area (Å²) in [6.45, 7) is 3.99. The van der Waals surface area contributed by atoms with E-state index < -0.39 is 11.3 Å². The number of nitrogens with zero attached hydrogens (tertiary/aromatic N) is 1. The van der Waals surface area contributed by atoms with E-state index >= 15 is 0 Å². The lowest BCUT2D eigenvalue weighted by Crippen LogP contribution is -2.47. The van der Waals surface area contributed by atoms with Gasteiger partial charge in [0, 0.05) is 38.7 Å². The van der Waals surface area contributed by atoms with Crippen LogP contribution in [0.25, 0.3) is 0 Å². The number of carbonyl (C=O) groups is 1. The number of hydrogen-bond donors (Lipinski definition) is 2. The minimum Gasteiger partial charge on any atom is -0.396 e. The van der Waals surface area contributed by atoms with E-state index in [0.29, 0.717) is 33.3 Å². The lowest BCUT2D eigenvalue weighted by atomic mass is 9.89. The van der Waals surface area contributed by atoms with E-state index in [4.69, 9.17) is 27.9 Å². The normalized spacial score (nSPS) is 20.5. The van der Waals surface area contributed by atoms with Crippen LogP contribution in [-0.2, 0) is 22.6 Å². The Bertz CT molecular complexity index is 1280. The predicted octanol–water partition coefficient (Wildman–Crippen LogP) is 5.87. The third-order valence-electron chi connectivity index (χ3n) is 7.32. The van der Waals surface area contributed by atoms with Gasteiger partial charge >= 0.3 is 0 Å². The van der Waals surface area contributed by atoms with Gasteiger partial charge < -0.3 is 14.9 Å². The van der Waals surface area contributed by atoms with Crippen molar-refractivity contribution in [3.8, 4) is 0 Å². The largest absolute Gasteiger partial charge is 0.396 e. The maximum absolute atomic E-state index is 14.1. The maximum Gasteiger partial charge on any atom is 0.257 e. The Morgan fingerprint density at radius 3 is 2.14 bits per heavy atom. The van der Waals surface area contributed by atoms with Crippen LogP contribution in [0.3, 0.4) is 0 Å². The van der Waals surface area contributed by atoms with Crippen molar-refractivity contribution in [3.05, 3.63) is 105 Å². The zero-order valence-electron chi connectivity index (χ0n) is 20.3. The van der Waals surface area contributed by atoms with Crippen molar-refractivity contribution < 1.29 is 19.7 Å². The van der Waals surface area contributed by atoms with Crippen LogP contribution in [-0.4, -0.2) is 34.2 Å². The fourth-order valence-electron chi connectivity index (χ4n) is 4.80. The molecule has 1 amide bonds. The molecule has 36 heavy (non-hydrogen) atoms. The highest BCUT2D eigenvalue weighted by Gasteiger charge is 2.54. The Balaban J connectivity index is 1.70. The number of fused-ring (bicyclic) bond motifs is 1. The molecule has 2 N–H and O–H groups in total. The summed E-state index contributed by atoms with van der Waals surface area (Å²) in [4.78, 5) is 15.8. The Labute approximate surface area is 221 Å². The van der Waals surface area contributed by atoms with Gasteiger partial charge in [-0.2, -0.15) is 0 Å². The summed E-state index contributed by atoms with van der Waals surface area (Å²) in [7, 11) is 0. The number of aliphatic hydroxyl groups is 2. The molecular formula is C29H29Cl2NO4. The van der Waals surface area contributed by atoms with Gasteiger partial charge in [0.1, 0.15) is 0 Å². The van der Waals surface area contributed by atoms with E-state index in [1.54, 1.807) is 49.1 Å². The monoisotopic (exact) mass is 525 g/mol. The minimum absolute atomic E-state index is 0.0271. The van der Waals surface area contributed by atoms with Crippen LogP contribution in [0.5, 0.6) is 0 Å². The average molecular weight is 526 g/mol. The number of carbonyl (C=O) groups excluding carboxylic acids is 1. The molecule has 0 aromatic heterocycles. The molecule has 1 fully saturated rings. The first-order valence-corrected chi connectivity index (χ1v) is 12.8. The second kappa shape index (κ2) is 9.16. The molecule has 5 rings (SSSR count). The van der Waals surface area contributed by atoms with Crippen molar-refractivity contribution in [2.45, 2.75) is 44.6 Å². The van der Waals surface area contributed by atoms with Crippen molar-refractivity contribution in [1.82, 2.24) is 4.90 Å². The van der Waals surface area contributed by atoms with Crippen LogP contribution in [0, 0.1) is 5.41 Å². The molecule has 0 spiro atoms. The number of amides is 1. The first-order chi connectivity index (χ1) is 17.1. The number of hydrogen-bond acceptors (Lipinski definition) is 4. The summed E-state index contributed by atoms with van der Waals surface area (Å²) >= 11 is 12.3. The van der Waals surface area contributed by atoms with E-state index in [1.807, 2.05) is 36.4 Å². The molecule has 7 heteroatoms. The second-order valence-corrected chi connectivity index (χ2v) is 11.3. The fraction of sp³-hybridized carbons (Fsp3) is 0.345. The standard InChI is InChI=1S/C29H29Cl2NO4/c1-27(2,35)21-7-12-25-24(15-21)26(34)32(16-19-3-8-22(30)9-4-19)29(25,20-5-10-23(31)11-6-20)36-18-28(17-33)13-14-28/h3-12,15,33,35H,13-14,16-18H2,1-2H3/t29-/m1/s1. The second-order valence-electron chi connectivity index (χ2n) is 10.4. The van der Waals surface area contributed by atoms with E-state index in [0.717, 1.165) is 24.0 Å². The van der Waals surface area contributed by atoms with Gasteiger partial charge in [-0.05, 0) is 68.1 Å². The van der Waals surface area contributed by atoms with E-state index in [9.17, 15) is 15.0 Å². The minimum atomic E-state index is -1.24. The van der Waals surface area contributed by atoms with Crippen molar-refractivity contribution in [2.24, 2.45) is 5.41 Å². The van der Waals surface area contributed by atoms with Crippen molar-refractivity contribution in [1.29, 1.82) is 0 Å². The molecule has 188 valence electrons. The van der Waals surface area contributed by atoms with Gasteiger partial charge in [0.25, 0.3) is 5.91 Å². The number of ether oxygens (including phenoxy) is 1. The lowest BCUT2D eigenvalue weighted by Gasteiger charge is -2.40. The Kier molecular flexibility index (Phi) is 6.42. The zero-order chi connectivity index (χ0) is 25.7. The molecule has 3 aromatic carbocycles. The number of aliphatic hydroxyl groups excluding tert-OH is 1. The van der Waals surface area contributed by atoms with Crippen LogP contribution in [0.4, 0.5) is 0 Å². The summed E-state index contributed by atoms with van der Waals surface area (Å²) in [5.41, 5.74) is 0.826. The fourth-order valence-corrected chi connectivity index (χ4v) is 5.05. The molecule has 0 unspecified atom stereocenters. The molecule has 0 bridgehead atoms. The van der Waals surface area contributed by atoms with Gasteiger partial charge in [-0.15, -0.1) is 0 Å². The van der Waals surface area contributed by atoms with Gasteiger partial charge in [0.15, 0.2) is 5.72 Å². The molecule has 1 atom stereocenters. The molecule has 2 aliphatic rings. The van der Waals surface area contributed by atoms with Crippen molar-refractivity contribution in [3.63, 3.8) is 0 Å². The molecule has 1 aliphatic heterocycles. The lowest BCUT2D eigenvalue weighted by molar-refractivity contribution is -0.128. The Hall–Kier alpha value is -2.41. The number of halogens is 2. The summed E-state index contributed by atoms with van der Waals surface area (Å²) in [6, 6.07) is 20.2. The zero-order valence-corrected chi connectivity index (χ0v) is 21.8. The molecular weight excluding hydrogens is 497 g/mol. The van der Waals surface area contributed by atoms with E-state index in [1.165, 1.54) is 0 Å². The van der Waals surface area contributed by atoms with Crippen LogP contribution in [0.1, 0.15) is 59.3 Å². The summed E-state index contributed by atoms with van der Waals surface area (Å²) in [5, 5.41) is 21.8. The summed E-state index contributed by atoms with van der Waals surface area (Å²) in [6.07, 6.45) is 1.74. The molecule has 1 aliphatic carbocycles. The van der Waals surface area contributed by atoms with Crippen LogP contribution in [0.15, 0.2) is 66.7 Å². The Morgan fingerprint density at radius 2 is 1.58 bits per heavy atom. The average Bonchev–Trinajstić information content (AvgIpc) is 3.60. The molecule has 0 saturated heterocycles. The molecule has 5 nitrogen and oxygen atoms in total. The van der Waals surface area contributed by atoms with Gasteiger partial charge in [-0.1, -0.05) is 59.6 Å². The molecule has 3 aromatic rings. The highest BCUT2D eigenvalue weighted by atomic mass is 35.5. The number of benzene rings is 3. The quantitative estimate of drug-likeness (QED) is 0.386. The van der Waals surface area contributed by atoms with Gasteiger partial charge in [0.05, 0.1) is 18.8 Å². The van der Waals surface area contributed by atoms with Gasteiger partial charge in [-0.25, -0.2) is 0 Å². The topological polar surface area (TPSA) is 70.0 Å². The first kappa shape index (κ1) is 25.2. The van der Waals surface area contributed by atoms with E-state index in [-0.39, 0.29) is 24.5 Å². The first-order valence-electron chi connectivity index (χ1n) is 12.0. The van der Waals surface area contributed by atoms with Crippen LogP contribution < -0.4 is 0 Å². The highest BCUT2D eigenvalue weighted by molar-refractivity contribution is 6.30.